The second kappa shape index (κ2) is 30.6. The molecule has 0 radical (unpaired) electrons. The summed E-state index contributed by atoms with van der Waals surface area (Å²) in [6.07, 6.45) is 0. The van der Waals surface area contributed by atoms with E-state index >= 15 is 0 Å². The van der Waals surface area contributed by atoms with E-state index < -0.39 is 0 Å². The highest BCUT2D eigenvalue weighted by Gasteiger charge is 2.26. The van der Waals surface area contributed by atoms with Gasteiger partial charge in [0.1, 0.15) is 11.2 Å². The van der Waals surface area contributed by atoms with Gasteiger partial charge in [0.2, 0.25) is 0 Å². The lowest BCUT2D eigenvalue weighted by atomic mass is 9.98. The summed E-state index contributed by atoms with van der Waals surface area (Å²) in [5.74, 6) is 0. The minimum Gasteiger partial charge on any atom is -0.455 e. The van der Waals surface area contributed by atoms with Gasteiger partial charge in [0.15, 0.2) is 0 Å². The molecule has 0 bridgehead atoms. The molecule has 630 valence electrons. The summed E-state index contributed by atoms with van der Waals surface area (Å²) >= 11 is 3.77. The van der Waals surface area contributed by atoms with Crippen LogP contribution in [0.15, 0.2) is 478 Å². The molecule has 0 unspecified atom stereocenters. The first-order valence-electron chi connectivity index (χ1n) is 46.1. The predicted octanol–water partition coefficient (Wildman–Crippen LogP) is 35.3. The fourth-order valence-corrected chi connectivity index (χ4v) is 24.4. The van der Waals surface area contributed by atoms with Crippen LogP contribution in [0.25, 0.3) is 261 Å². The maximum absolute atomic E-state index is 6.33. The first-order chi connectivity index (χ1) is 67.0. The molecular formula is C126H78N6OS2. The van der Waals surface area contributed by atoms with Crippen LogP contribution >= 0.6 is 22.7 Å². The maximum Gasteiger partial charge on any atom is 0.143 e. The number of thiophene rings is 2. The van der Waals surface area contributed by atoms with Crippen LogP contribution in [0.4, 0.5) is 0 Å². The van der Waals surface area contributed by atoms with Crippen molar-refractivity contribution in [2.75, 3.05) is 0 Å². The van der Waals surface area contributed by atoms with Crippen molar-refractivity contribution in [2.24, 2.45) is 0 Å². The summed E-state index contributed by atoms with van der Waals surface area (Å²) in [5.41, 5.74) is 30.7. The first kappa shape index (κ1) is 76.5. The van der Waals surface area contributed by atoms with Gasteiger partial charge in [-0.3, -0.25) is 0 Å². The molecule has 0 atom stereocenters. The number of aromatic nitrogens is 6. The fraction of sp³-hybridized carbons (Fsp3) is 0. The van der Waals surface area contributed by atoms with E-state index in [0.29, 0.717) is 0 Å². The van der Waals surface area contributed by atoms with Crippen molar-refractivity contribution >= 4 is 216 Å². The van der Waals surface area contributed by atoms with Gasteiger partial charge in [-0.15, -0.1) is 22.7 Å². The number of hydrogen-bond acceptors (Lipinski definition) is 3. The average molecular weight is 1760 g/mol. The molecule has 9 heterocycles. The smallest absolute Gasteiger partial charge is 0.143 e. The number of benzene rings is 21. The third-order valence-corrected chi connectivity index (χ3v) is 30.4. The maximum atomic E-state index is 6.33. The molecule has 0 spiro atoms. The highest BCUT2D eigenvalue weighted by Crippen LogP contribution is 2.49. The molecule has 9 aromatic heterocycles. The fourth-order valence-electron chi connectivity index (χ4n) is 22.0. The summed E-state index contributed by atoms with van der Waals surface area (Å²) in [6, 6.07) is 172. The normalized spacial score (nSPS) is 12.0. The topological polar surface area (TPSA) is 42.7 Å². The van der Waals surface area contributed by atoms with Gasteiger partial charge in [-0.2, -0.15) is 0 Å². The molecule has 7 nitrogen and oxygen atoms in total. The van der Waals surface area contributed by atoms with Crippen LogP contribution in [0.1, 0.15) is 0 Å². The minimum absolute atomic E-state index is 0.920. The second-order valence-corrected chi connectivity index (χ2v) is 37.4. The van der Waals surface area contributed by atoms with Gasteiger partial charge in [0, 0.05) is 145 Å². The monoisotopic (exact) mass is 1750 g/mol. The molecule has 0 aliphatic heterocycles. The summed E-state index contributed by atoms with van der Waals surface area (Å²) in [5, 5.41) is 22.8. The number of fused-ring (bicyclic) bond motifs is 27. The van der Waals surface area contributed by atoms with Crippen LogP contribution in [0.3, 0.4) is 0 Å². The Morgan fingerprint density at radius 2 is 0.422 bits per heavy atom. The number of rotatable bonds is 9. The van der Waals surface area contributed by atoms with Crippen LogP contribution in [-0.4, -0.2) is 27.4 Å². The molecule has 0 saturated heterocycles. The van der Waals surface area contributed by atoms with Crippen LogP contribution in [0.5, 0.6) is 0 Å². The molecule has 135 heavy (non-hydrogen) atoms. The van der Waals surface area contributed by atoms with Gasteiger partial charge in [-0.1, -0.05) is 315 Å². The van der Waals surface area contributed by atoms with Crippen molar-refractivity contribution in [2.45, 2.75) is 0 Å². The van der Waals surface area contributed by atoms with Gasteiger partial charge < -0.3 is 31.8 Å². The van der Waals surface area contributed by atoms with Crippen molar-refractivity contribution in [1.82, 2.24) is 27.4 Å². The average Bonchev–Trinajstić information content (AvgIpc) is 1.56. The highest BCUT2D eigenvalue weighted by molar-refractivity contribution is 7.26. The van der Waals surface area contributed by atoms with E-state index in [0.717, 1.165) is 38.8 Å². The van der Waals surface area contributed by atoms with Gasteiger partial charge in [0.05, 0.1) is 76.6 Å². The minimum atomic E-state index is 0.920. The number of furan rings is 1. The van der Waals surface area contributed by atoms with Crippen molar-refractivity contribution in [3.05, 3.63) is 473 Å². The lowest BCUT2D eigenvalue weighted by molar-refractivity contribution is 0.670. The zero-order valence-electron chi connectivity index (χ0n) is 72.9. The lowest BCUT2D eigenvalue weighted by Crippen LogP contribution is -1.94. The first-order valence-corrected chi connectivity index (χ1v) is 47.7. The largest absolute Gasteiger partial charge is 0.455 e. The molecule has 0 N–H and O–H groups in total. The van der Waals surface area contributed by atoms with Crippen LogP contribution in [0, 0.1) is 0 Å². The van der Waals surface area contributed by atoms with Gasteiger partial charge in [0.25, 0.3) is 0 Å². The van der Waals surface area contributed by atoms with Crippen molar-refractivity contribution in [3.8, 4) is 67.5 Å². The molecule has 0 aliphatic rings. The van der Waals surface area contributed by atoms with E-state index in [2.05, 4.69) is 488 Å². The quantitative estimate of drug-likeness (QED) is 0.142. The van der Waals surface area contributed by atoms with Crippen molar-refractivity contribution in [1.29, 1.82) is 0 Å². The van der Waals surface area contributed by atoms with Crippen molar-refractivity contribution in [3.63, 3.8) is 0 Å². The Balaban J connectivity index is 0.000000101. The van der Waals surface area contributed by atoms with E-state index in [1.165, 1.54) is 222 Å². The highest BCUT2D eigenvalue weighted by atomic mass is 32.1. The zero-order valence-corrected chi connectivity index (χ0v) is 74.6. The Morgan fingerprint density at radius 3 is 0.830 bits per heavy atom. The Hall–Kier alpha value is -17.3. The molecule has 0 aliphatic carbocycles. The molecule has 0 fully saturated rings. The molecular weight excluding hydrogens is 1680 g/mol. The molecule has 30 rings (SSSR count). The van der Waals surface area contributed by atoms with E-state index in [1.54, 1.807) is 0 Å². The summed E-state index contributed by atoms with van der Waals surface area (Å²) in [4.78, 5) is 0. The standard InChI is InChI=1S/C48H30N2O.C42H26N2S.C36H22N2S/c1-2-11-34(12-3-1)49-43-18-7-4-13-37(43)41-30-46-42(29-45(41)49)38-14-5-8-19-44(38)50(46)35-27-25-32(26-28-35)31-21-23-33(24-22-31)36-16-10-17-40-39-15-6-9-20-47(39)51-48(36)40;1-2-11-28(12-3-1)43-37-18-7-4-13-31(37)35-26-40-36(25-39(35)43)32-14-5-8-19-38(32)44(40)29-23-21-27(22-24-29)30-16-10-17-34-33-15-6-9-20-41(33)45-42(30)34;1-2-11-23(12-3-1)37-30-17-7-4-13-24(30)28-22-34-29(21-33(28)37)25-14-5-8-18-31(25)38(34)32-19-10-16-27-26-15-6-9-20-35(26)39-36(27)32/h1-30H;1-26H;1-22H. The zero-order chi connectivity index (χ0) is 88.5. The third kappa shape index (κ3) is 12.0. The number of nitrogens with zero attached hydrogens (tertiary/aromatic N) is 6. The van der Waals surface area contributed by atoms with E-state index in [4.69, 9.17) is 4.42 Å². The van der Waals surface area contributed by atoms with Crippen molar-refractivity contribution < 1.29 is 4.42 Å². The van der Waals surface area contributed by atoms with Gasteiger partial charge >= 0.3 is 0 Å². The third-order valence-electron chi connectivity index (χ3n) is 28.0. The van der Waals surface area contributed by atoms with E-state index in [-0.39, 0.29) is 0 Å². The lowest BCUT2D eigenvalue weighted by Gasteiger charge is -2.11. The molecule has 9 heteroatoms. The summed E-state index contributed by atoms with van der Waals surface area (Å²) < 4.78 is 26.2. The van der Waals surface area contributed by atoms with E-state index in [9.17, 15) is 0 Å². The second-order valence-electron chi connectivity index (χ2n) is 35.3. The van der Waals surface area contributed by atoms with Crippen LogP contribution in [0.2, 0.25) is 0 Å². The molecule has 0 amide bonds. The van der Waals surface area contributed by atoms with Crippen LogP contribution < -0.4 is 0 Å². The molecule has 0 saturated carbocycles. The summed E-state index contributed by atoms with van der Waals surface area (Å²) in [7, 11) is 0. The SMILES string of the molecule is c1ccc(-n2c3ccccc3c3cc4c(cc32)c2ccccc2n4-c2ccc(-c3ccc(-c4cccc5c4oc4ccccc45)cc3)cc2)cc1.c1ccc(-n2c3ccccc3c3cc4c(cc32)c2ccccc2n4-c2ccc(-c3cccc4c3sc3ccccc34)cc2)cc1.c1ccc(-n2c3ccccc3c3cc4c(cc32)c2ccccc2n4-c2cccc3c2sc2ccccc23)cc1. The Bertz CT molecular complexity index is 10100. The van der Waals surface area contributed by atoms with Crippen LogP contribution in [-0.2, 0) is 0 Å². The molecule has 30 aromatic rings. The number of para-hydroxylation sites is 11. The Kier molecular flexibility index (Phi) is 17.4. The Labute approximate surface area is 782 Å². The summed E-state index contributed by atoms with van der Waals surface area (Å²) in [6.45, 7) is 0. The van der Waals surface area contributed by atoms with Gasteiger partial charge in [-0.25, -0.2) is 0 Å². The van der Waals surface area contributed by atoms with E-state index in [1.807, 2.05) is 34.8 Å². The Morgan fingerprint density at radius 1 is 0.156 bits per heavy atom. The van der Waals surface area contributed by atoms with Gasteiger partial charge in [-0.05, 0) is 186 Å². The predicted molar refractivity (Wildman–Crippen MR) is 575 cm³/mol. The molecule has 21 aromatic carbocycles. The number of hydrogen-bond donors (Lipinski definition) is 0.